The van der Waals surface area contributed by atoms with Crippen LogP contribution in [-0.4, -0.2) is 43.6 Å². The van der Waals surface area contributed by atoms with E-state index in [9.17, 15) is 4.79 Å². The van der Waals surface area contributed by atoms with Gasteiger partial charge in [-0.25, -0.2) is 0 Å². The maximum Gasteiger partial charge on any atom is 0.225 e. The lowest BCUT2D eigenvalue weighted by Crippen LogP contribution is -2.41. The lowest BCUT2D eigenvalue weighted by Gasteiger charge is -2.24. The molecule has 4 heteroatoms. The second-order valence-electron chi connectivity index (χ2n) is 5.23. The van der Waals surface area contributed by atoms with E-state index in [0.717, 1.165) is 31.5 Å². The standard InChI is InChI=1S/C16H24N2O2/c1-17-12-15-8-5-10-18(15)16(19)9-11-20-13-14-6-3-2-4-7-14/h2-4,6-7,15,17H,5,8-13H2,1H3. The number of nitrogens with zero attached hydrogens (tertiary/aromatic N) is 1. The fourth-order valence-corrected chi connectivity index (χ4v) is 2.68. The number of carbonyl (C=O) groups excluding carboxylic acids is 1. The molecule has 20 heavy (non-hydrogen) atoms. The second kappa shape index (κ2) is 8.02. The summed E-state index contributed by atoms with van der Waals surface area (Å²) in [5.41, 5.74) is 1.15. The first-order valence-corrected chi connectivity index (χ1v) is 7.37. The summed E-state index contributed by atoms with van der Waals surface area (Å²) in [6, 6.07) is 10.4. The van der Waals surface area contributed by atoms with Crippen molar-refractivity contribution in [2.24, 2.45) is 0 Å². The van der Waals surface area contributed by atoms with Gasteiger partial charge in [-0.15, -0.1) is 0 Å². The topological polar surface area (TPSA) is 41.6 Å². The molecule has 1 atom stereocenters. The fraction of sp³-hybridized carbons (Fsp3) is 0.562. The van der Waals surface area contributed by atoms with Crippen LogP contribution in [0.15, 0.2) is 30.3 Å². The molecule has 0 aliphatic carbocycles. The van der Waals surface area contributed by atoms with E-state index in [0.29, 0.717) is 25.7 Å². The third-order valence-electron chi connectivity index (χ3n) is 3.71. The molecular weight excluding hydrogens is 252 g/mol. The van der Waals surface area contributed by atoms with Gasteiger partial charge in [0.05, 0.1) is 19.6 Å². The zero-order chi connectivity index (χ0) is 14.2. The van der Waals surface area contributed by atoms with Crippen LogP contribution in [0, 0.1) is 0 Å². The summed E-state index contributed by atoms with van der Waals surface area (Å²) in [7, 11) is 1.93. The first-order valence-electron chi connectivity index (χ1n) is 7.37. The lowest BCUT2D eigenvalue weighted by molar-refractivity contribution is -0.133. The van der Waals surface area contributed by atoms with E-state index in [1.54, 1.807) is 0 Å². The van der Waals surface area contributed by atoms with Crippen LogP contribution in [0.4, 0.5) is 0 Å². The van der Waals surface area contributed by atoms with Crippen molar-refractivity contribution in [3.8, 4) is 0 Å². The Bertz CT molecular complexity index is 408. The van der Waals surface area contributed by atoms with E-state index in [4.69, 9.17) is 4.74 Å². The Balaban J connectivity index is 1.67. The predicted molar refractivity (Wildman–Crippen MR) is 79.4 cm³/mol. The van der Waals surface area contributed by atoms with Crippen LogP contribution in [0.2, 0.25) is 0 Å². The number of likely N-dealkylation sites (N-methyl/N-ethyl adjacent to an activating group) is 1. The normalized spacial score (nSPS) is 18.4. The summed E-state index contributed by atoms with van der Waals surface area (Å²) in [4.78, 5) is 14.2. The number of amides is 1. The van der Waals surface area contributed by atoms with Gasteiger partial charge in [-0.3, -0.25) is 4.79 Å². The molecule has 0 radical (unpaired) electrons. The third kappa shape index (κ3) is 4.32. The number of carbonyl (C=O) groups is 1. The van der Waals surface area contributed by atoms with Gasteiger partial charge in [0.1, 0.15) is 0 Å². The quantitative estimate of drug-likeness (QED) is 0.772. The first-order chi connectivity index (χ1) is 9.81. The summed E-state index contributed by atoms with van der Waals surface area (Å²) in [5.74, 6) is 0.218. The average molecular weight is 276 g/mol. The Kier molecular flexibility index (Phi) is 6.02. The molecular formula is C16H24N2O2. The number of nitrogens with one attached hydrogen (secondary N) is 1. The molecule has 1 amide bonds. The van der Waals surface area contributed by atoms with Crippen molar-refractivity contribution in [2.75, 3.05) is 26.7 Å². The molecule has 1 N–H and O–H groups in total. The van der Waals surface area contributed by atoms with Gasteiger partial charge < -0.3 is 15.0 Å². The largest absolute Gasteiger partial charge is 0.376 e. The van der Waals surface area contributed by atoms with Gasteiger partial charge in [0.25, 0.3) is 0 Å². The maximum atomic E-state index is 12.2. The number of benzene rings is 1. The van der Waals surface area contributed by atoms with Crippen molar-refractivity contribution in [3.63, 3.8) is 0 Å². The summed E-state index contributed by atoms with van der Waals surface area (Å²) in [5, 5.41) is 3.16. The minimum atomic E-state index is 0.218. The molecule has 1 aromatic rings. The Morgan fingerprint density at radius 3 is 2.95 bits per heavy atom. The van der Waals surface area contributed by atoms with Crippen LogP contribution in [-0.2, 0) is 16.1 Å². The number of hydrogen-bond acceptors (Lipinski definition) is 3. The monoisotopic (exact) mass is 276 g/mol. The van der Waals surface area contributed by atoms with E-state index in [2.05, 4.69) is 5.32 Å². The van der Waals surface area contributed by atoms with Crippen molar-refractivity contribution >= 4 is 5.91 Å². The molecule has 1 aliphatic rings. The Labute approximate surface area is 121 Å². The molecule has 0 saturated carbocycles. The Hall–Kier alpha value is -1.39. The molecule has 1 heterocycles. The minimum absolute atomic E-state index is 0.218. The second-order valence-corrected chi connectivity index (χ2v) is 5.23. The van der Waals surface area contributed by atoms with Gasteiger partial charge in [0, 0.05) is 19.1 Å². The van der Waals surface area contributed by atoms with Gasteiger partial charge in [-0.1, -0.05) is 30.3 Å². The van der Waals surface area contributed by atoms with Gasteiger partial charge in [-0.2, -0.15) is 0 Å². The van der Waals surface area contributed by atoms with Crippen LogP contribution in [0.1, 0.15) is 24.8 Å². The number of likely N-dealkylation sites (tertiary alicyclic amines) is 1. The summed E-state index contributed by atoms with van der Waals surface area (Å²) in [6.45, 7) is 2.85. The molecule has 0 bridgehead atoms. The highest BCUT2D eigenvalue weighted by atomic mass is 16.5. The van der Waals surface area contributed by atoms with E-state index in [-0.39, 0.29) is 5.91 Å². The zero-order valence-corrected chi connectivity index (χ0v) is 12.2. The maximum absolute atomic E-state index is 12.2. The van der Waals surface area contributed by atoms with E-state index >= 15 is 0 Å². The van der Waals surface area contributed by atoms with Crippen LogP contribution in [0.3, 0.4) is 0 Å². The van der Waals surface area contributed by atoms with Gasteiger partial charge in [-0.05, 0) is 25.5 Å². The van der Waals surface area contributed by atoms with Crippen molar-refractivity contribution in [1.82, 2.24) is 10.2 Å². The Morgan fingerprint density at radius 2 is 2.20 bits per heavy atom. The summed E-state index contributed by atoms with van der Waals surface area (Å²) in [6.07, 6.45) is 2.70. The zero-order valence-electron chi connectivity index (χ0n) is 12.2. The number of rotatable bonds is 7. The molecule has 110 valence electrons. The number of ether oxygens (including phenoxy) is 1. The Morgan fingerprint density at radius 1 is 1.40 bits per heavy atom. The SMILES string of the molecule is CNCC1CCCN1C(=O)CCOCc1ccccc1. The summed E-state index contributed by atoms with van der Waals surface area (Å²) >= 11 is 0. The van der Waals surface area contributed by atoms with Crippen molar-refractivity contribution in [2.45, 2.75) is 31.9 Å². The molecule has 0 aromatic heterocycles. The molecule has 4 nitrogen and oxygen atoms in total. The highest BCUT2D eigenvalue weighted by molar-refractivity contribution is 5.77. The minimum Gasteiger partial charge on any atom is -0.376 e. The fourth-order valence-electron chi connectivity index (χ4n) is 2.68. The van der Waals surface area contributed by atoms with Crippen LogP contribution in [0.5, 0.6) is 0 Å². The molecule has 1 unspecified atom stereocenters. The third-order valence-corrected chi connectivity index (χ3v) is 3.71. The molecule has 1 fully saturated rings. The van der Waals surface area contributed by atoms with Crippen LogP contribution < -0.4 is 5.32 Å². The van der Waals surface area contributed by atoms with Gasteiger partial charge in [0.15, 0.2) is 0 Å². The predicted octanol–water partition coefficient (Wildman–Crippen LogP) is 1.80. The van der Waals surface area contributed by atoms with E-state index in [1.165, 1.54) is 0 Å². The van der Waals surface area contributed by atoms with Crippen molar-refractivity contribution in [3.05, 3.63) is 35.9 Å². The molecule has 0 spiro atoms. The number of hydrogen-bond donors (Lipinski definition) is 1. The van der Waals surface area contributed by atoms with Crippen molar-refractivity contribution in [1.29, 1.82) is 0 Å². The van der Waals surface area contributed by atoms with E-state index < -0.39 is 0 Å². The van der Waals surface area contributed by atoms with Crippen molar-refractivity contribution < 1.29 is 9.53 Å². The van der Waals surface area contributed by atoms with Crippen LogP contribution >= 0.6 is 0 Å². The van der Waals surface area contributed by atoms with Crippen LogP contribution in [0.25, 0.3) is 0 Å². The highest BCUT2D eigenvalue weighted by Gasteiger charge is 2.27. The molecule has 1 aliphatic heterocycles. The first kappa shape index (κ1) is 15.0. The average Bonchev–Trinajstić information content (AvgIpc) is 2.93. The molecule has 1 saturated heterocycles. The molecule has 2 rings (SSSR count). The highest BCUT2D eigenvalue weighted by Crippen LogP contribution is 2.17. The smallest absolute Gasteiger partial charge is 0.225 e. The molecule has 1 aromatic carbocycles. The van der Waals surface area contributed by atoms with Gasteiger partial charge in [0.2, 0.25) is 5.91 Å². The lowest BCUT2D eigenvalue weighted by atomic mass is 10.2. The van der Waals surface area contributed by atoms with E-state index in [1.807, 2.05) is 42.3 Å². The van der Waals surface area contributed by atoms with Gasteiger partial charge >= 0.3 is 0 Å². The summed E-state index contributed by atoms with van der Waals surface area (Å²) < 4.78 is 5.58.